The number of ether oxygens (including phenoxy) is 1. The SMILES string of the molecule is FC(F)(F)CCCNC1CCCc2ccc(C[C@H]3Cc4c(cccc4N4CCOCC4)CN3)nc21. The fraction of sp³-hybridized carbons (Fsp3) is 0.593. The van der Waals surface area contributed by atoms with Crippen molar-refractivity contribution in [2.45, 2.75) is 69.8 Å². The second kappa shape index (κ2) is 10.8. The van der Waals surface area contributed by atoms with E-state index in [1.54, 1.807) is 0 Å². The summed E-state index contributed by atoms with van der Waals surface area (Å²) in [6.07, 6.45) is 0.0156. The largest absolute Gasteiger partial charge is 0.389 e. The third-order valence-electron chi connectivity index (χ3n) is 7.45. The number of rotatable bonds is 7. The van der Waals surface area contributed by atoms with Crippen LogP contribution in [0.5, 0.6) is 0 Å². The molecule has 1 aromatic heterocycles. The van der Waals surface area contributed by atoms with Gasteiger partial charge in [0.15, 0.2) is 0 Å². The zero-order valence-electron chi connectivity index (χ0n) is 20.2. The van der Waals surface area contributed by atoms with Crippen molar-refractivity contribution in [2.75, 3.05) is 37.7 Å². The van der Waals surface area contributed by atoms with Crippen LogP contribution in [0.15, 0.2) is 30.3 Å². The number of benzene rings is 1. The fourth-order valence-corrected chi connectivity index (χ4v) is 5.66. The van der Waals surface area contributed by atoms with Crippen LogP contribution >= 0.6 is 0 Å². The van der Waals surface area contributed by atoms with Gasteiger partial charge in [-0.25, -0.2) is 0 Å². The first kappa shape index (κ1) is 24.5. The second-order valence-electron chi connectivity index (χ2n) is 9.96. The van der Waals surface area contributed by atoms with Crippen LogP contribution in [0.2, 0.25) is 0 Å². The number of hydrogen-bond acceptors (Lipinski definition) is 5. The average Bonchev–Trinajstić information content (AvgIpc) is 2.86. The summed E-state index contributed by atoms with van der Waals surface area (Å²) in [6.45, 7) is 4.62. The van der Waals surface area contributed by atoms with Crippen LogP contribution in [0, 0.1) is 0 Å². The lowest BCUT2D eigenvalue weighted by Gasteiger charge is -2.34. The summed E-state index contributed by atoms with van der Waals surface area (Å²) in [4.78, 5) is 7.47. The molecule has 0 amide bonds. The predicted molar refractivity (Wildman–Crippen MR) is 131 cm³/mol. The molecule has 2 atom stereocenters. The number of halogens is 3. The fourth-order valence-electron chi connectivity index (χ4n) is 5.66. The van der Waals surface area contributed by atoms with Gasteiger partial charge in [0.2, 0.25) is 0 Å². The lowest BCUT2D eigenvalue weighted by molar-refractivity contribution is -0.135. The highest BCUT2D eigenvalue weighted by Gasteiger charge is 2.28. The topological polar surface area (TPSA) is 49.4 Å². The van der Waals surface area contributed by atoms with Crippen molar-refractivity contribution in [3.05, 3.63) is 58.4 Å². The second-order valence-corrected chi connectivity index (χ2v) is 9.96. The Morgan fingerprint density at radius 2 is 1.97 bits per heavy atom. The molecular formula is C27H35F3N4O. The van der Waals surface area contributed by atoms with Gasteiger partial charge in [0.05, 0.1) is 18.9 Å². The van der Waals surface area contributed by atoms with Crippen molar-refractivity contribution in [1.29, 1.82) is 0 Å². The van der Waals surface area contributed by atoms with Crippen molar-refractivity contribution in [3.8, 4) is 0 Å². The molecule has 3 heterocycles. The van der Waals surface area contributed by atoms with E-state index < -0.39 is 12.6 Å². The van der Waals surface area contributed by atoms with Crippen LogP contribution in [0.25, 0.3) is 0 Å². The highest BCUT2D eigenvalue weighted by Crippen LogP contribution is 2.31. The Morgan fingerprint density at radius 3 is 2.80 bits per heavy atom. The smallest absolute Gasteiger partial charge is 0.378 e. The molecule has 3 aliphatic rings. The maximum absolute atomic E-state index is 12.5. The van der Waals surface area contributed by atoms with Crippen molar-refractivity contribution < 1.29 is 17.9 Å². The van der Waals surface area contributed by atoms with Gasteiger partial charge < -0.3 is 20.3 Å². The summed E-state index contributed by atoms with van der Waals surface area (Å²) in [6, 6.07) is 11.3. The van der Waals surface area contributed by atoms with Gasteiger partial charge >= 0.3 is 6.18 Å². The van der Waals surface area contributed by atoms with E-state index in [2.05, 4.69) is 45.9 Å². The molecule has 2 aliphatic heterocycles. The van der Waals surface area contributed by atoms with Crippen molar-refractivity contribution >= 4 is 5.69 Å². The van der Waals surface area contributed by atoms with Gasteiger partial charge in [-0.3, -0.25) is 4.98 Å². The van der Waals surface area contributed by atoms with E-state index in [9.17, 15) is 13.2 Å². The van der Waals surface area contributed by atoms with Crippen molar-refractivity contribution in [3.63, 3.8) is 0 Å². The molecule has 1 aromatic carbocycles. The molecule has 190 valence electrons. The number of alkyl halides is 3. The quantitative estimate of drug-likeness (QED) is 0.563. The van der Waals surface area contributed by atoms with Crippen molar-refractivity contribution in [2.24, 2.45) is 0 Å². The highest BCUT2D eigenvalue weighted by molar-refractivity contribution is 5.58. The molecule has 1 aliphatic carbocycles. The van der Waals surface area contributed by atoms with E-state index in [0.717, 1.165) is 76.3 Å². The number of nitrogens with zero attached hydrogens (tertiary/aromatic N) is 2. The molecule has 1 unspecified atom stereocenters. The Kier molecular flexibility index (Phi) is 7.60. The molecule has 8 heteroatoms. The number of pyridine rings is 1. The van der Waals surface area contributed by atoms with Crippen LogP contribution < -0.4 is 15.5 Å². The first-order valence-electron chi connectivity index (χ1n) is 12.9. The maximum atomic E-state index is 12.5. The molecule has 5 rings (SSSR count). The third-order valence-corrected chi connectivity index (χ3v) is 7.45. The lowest BCUT2D eigenvalue weighted by Crippen LogP contribution is -2.41. The van der Waals surface area contributed by atoms with E-state index in [4.69, 9.17) is 9.72 Å². The molecule has 1 saturated heterocycles. The monoisotopic (exact) mass is 488 g/mol. The Morgan fingerprint density at radius 1 is 1.11 bits per heavy atom. The van der Waals surface area contributed by atoms with Gasteiger partial charge in [0.25, 0.3) is 0 Å². The predicted octanol–water partition coefficient (Wildman–Crippen LogP) is 4.48. The number of fused-ring (bicyclic) bond motifs is 2. The number of anilines is 1. The van der Waals surface area contributed by atoms with Crippen LogP contribution in [0.4, 0.5) is 18.9 Å². The molecule has 2 aromatic rings. The van der Waals surface area contributed by atoms with Crippen molar-refractivity contribution in [1.82, 2.24) is 15.6 Å². The summed E-state index contributed by atoms with van der Waals surface area (Å²) >= 11 is 0. The molecule has 35 heavy (non-hydrogen) atoms. The minimum absolute atomic E-state index is 0.0416. The standard InChI is InChI=1S/C27H35F3N4O/c28-27(29,30)10-3-11-31-24-6-1-4-19-8-9-21(33-26(19)24)16-22-17-23-20(18-32-22)5-2-7-25(23)34-12-14-35-15-13-34/h2,5,7-9,22,24,31-32H,1,3-4,6,10-18H2/t22-,24?/m0/s1. The van der Waals surface area contributed by atoms with E-state index in [1.165, 1.54) is 22.4 Å². The van der Waals surface area contributed by atoms with E-state index >= 15 is 0 Å². The molecule has 5 nitrogen and oxygen atoms in total. The molecule has 1 fully saturated rings. The summed E-state index contributed by atoms with van der Waals surface area (Å²) in [7, 11) is 0. The summed E-state index contributed by atoms with van der Waals surface area (Å²) in [5.74, 6) is 0. The first-order valence-corrected chi connectivity index (χ1v) is 12.9. The highest BCUT2D eigenvalue weighted by atomic mass is 19.4. The normalized spacial score (nSPS) is 22.5. The minimum Gasteiger partial charge on any atom is -0.378 e. The van der Waals surface area contributed by atoms with Gasteiger partial charge in [-0.15, -0.1) is 0 Å². The van der Waals surface area contributed by atoms with Gasteiger partial charge in [0, 0.05) is 55.9 Å². The maximum Gasteiger partial charge on any atom is 0.389 e. The Bertz CT molecular complexity index is 1010. The number of nitrogens with one attached hydrogen (secondary N) is 2. The van der Waals surface area contributed by atoms with Gasteiger partial charge in [-0.1, -0.05) is 18.2 Å². The zero-order valence-corrected chi connectivity index (χ0v) is 20.2. The van der Waals surface area contributed by atoms with Crippen LogP contribution in [-0.2, 0) is 30.5 Å². The molecular weight excluding hydrogens is 453 g/mol. The third kappa shape index (κ3) is 6.16. The van der Waals surface area contributed by atoms with E-state index in [-0.39, 0.29) is 12.5 Å². The van der Waals surface area contributed by atoms with Gasteiger partial charge in [-0.2, -0.15) is 13.2 Å². The summed E-state index contributed by atoms with van der Waals surface area (Å²) in [5.41, 5.74) is 7.44. The summed E-state index contributed by atoms with van der Waals surface area (Å²) < 4.78 is 43.1. The average molecular weight is 489 g/mol. The van der Waals surface area contributed by atoms with Gasteiger partial charge in [0.1, 0.15) is 0 Å². The van der Waals surface area contributed by atoms with Crippen LogP contribution in [-0.4, -0.2) is 50.1 Å². The first-order chi connectivity index (χ1) is 17.0. The van der Waals surface area contributed by atoms with Gasteiger partial charge in [-0.05, 0) is 67.5 Å². The minimum atomic E-state index is -4.09. The number of morpholine rings is 1. The molecule has 0 spiro atoms. The van der Waals surface area contributed by atoms with E-state index in [1.807, 2.05) is 0 Å². The van der Waals surface area contributed by atoms with Crippen LogP contribution in [0.1, 0.15) is 59.8 Å². The summed E-state index contributed by atoms with van der Waals surface area (Å²) in [5, 5.41) is 7.04. The Balaban J connectivity index is 1.25. The molecule has 0 bridgehead atoms. The van der Waals surface area contributed by atoms with E-state index in [0.29, 0.717) is 12.6 Å². The molecule has 0 saturated carbocycles. The number of aryl methyl sites for hydroxylation is 1. The molecule has 0 radical (unpaired) electrons. The molecule has 2 N–H and O–H groups in total. The number of hydrogen-bond donors (Lipinski definition) is 2. The zero-order chi connectivity index (χ0) is 24.3. The lowest BCUT2D eigenvalue weighted by atomic mass is 9.89. The van der Waals surface area contributed by atoms with Crippen LogP contribution in [0.3, 0.4) is 0 Å². The number of aromatic nitrogens is 1. The Hall–Kier alpha value is -2.16. The Labute approximate surface area is 205 Å².